The fraction of sp³-hybridized carbons (Fsp3) is 0.214. The second-order valence-electron chi connectivity index (χ2n) is 4.45. The lowest BCUT2D eigenvalue weighted by atomic mass is 9.99. The summed E-state index contributed by atoms with van der Waals surface area (Å²) >= 11 is 6.07. The minimum atomic E-state index is -0.575. The molecular weight excluding hydrogens is 265 g/mol. The Hall–Kier alpha value is -1.49. The summed E-state index contributed by atoms with van der Waals surface area (Å²) < 4.78 is 14.0. The number of pyridine rings is 1. The van der Waals surface area contributed by atoms with Crippen LogP contribution in [-0.4, -0.2) is 4.98 Å². The summed E-state index contributed by atoms with van der Waals surface area (Å²) in [4.78, 5) is 4.34. The van der Waals surface area contributed by atoms with Crippen molar-refractivity contribution in [1.82, 2.24) is 10.4 Å². The summed E-state index contributed by atoms with van der Waals surface area (Å²) in [5, 5.41) is 0.324. The van der Waals surface area contributed by atoms with Crippen molar-refractivity contribution in [2.75, 3.05) is 0 Å². The average molecular weight is 280 g/mol. The van der Waals surface area contributed by atoms with E-state index >= 15 is 0 Å². The van der Waals surface area contributed by atoms with Crippen molar-refractivity contribution in [2.45, 2.75) is 19.9 Å². The van der Waals surface area contributed by atoms with E-state index in [4.69, 9.17) is 17.4 Å². The van der Waals surface area contributed by atoms with Crippen molar-refractivity contribution in [3.05, 3.63) is 63.7 Å². The van der Waals surface area contributed by atoms with Crippen LogP contribution in [0.15, 0.2) is 30.5 Å². The topological polar surface area (TPSA) is 50.9 Å². The highest BCUT2D eigenvalue weighted by molar-refractivity contribution is 6.31. The molecule has 0 spiro atoms. The first kappa shape index (κ1) is 13.9. The molecular formula is C14H15ClFN3. The minimum absolute atomic E-state index is 0.311. The lowest BCUT2D eigenvalue weighted by Crippen LogP contribution is -2.31. The van der Waals surface area contributed by atoms with Crippen LogP contribution in [-0.2, 0) is 0 Å². The van der Waals surface area contributed by atoms with E-state index in [0.717, 1.165) is 11.1 Å². The maximum Gasteiger partial charge on any atom is 0.129 e. The molecule has 1 aromatic heterocycles. The van der Waals surface area contributed by atoms with Gasteiger partial charge >= 0.3 is 0 Å². The van der Waals surface area contributed by atoms with Crippen molar-refractivity contribution in [2.24, 2.45) is 5.84 Å². The number of hydrazine groups is 1. The molecule has 0 fully saturated rings. The molecule has 0 aliphatic heterocycles. The van der Waals surface area contributed by atoms with Crippen LogP contribution in [0.1, 0.15) is 28.4 Å². The van der Waals surface area contributed by atoms with Crippen LogP contribution in [0.5, 0.6) is 0 Å². The van der Waals surface area contributed by atoms with Crippen LogP contribution >= 0.6 is 11.6 Å². The molecule has 0 aliphatic carbocycles. The Morgan fingerprint density at radius 2 is 2.11 bits per heavy atom. The van der Waals surface area contributed by atoms with Gasteiger partial charge in [0.2, 0.25) is 0 Å². The molecule has 19 heavy (non-hydrogen) atoms. The molecule has 0 amide bonds. The van der Waals surface area contributed by atoms with Gasteiger partial charge in [-0.15, -0.1) is 0 Å². The first-order valence-electron chi connectivity index (χ1n) is 5.87. The van der Waals surface area contributed by atoms with Crippen LogP contribution in [0.25, 0.3) is 0 Å². The number of aryl methyl sites for hydroxylation is 2. The minimum Gasteiger partial charge on any atom is -0.271 e. The van der Waals surface area contributed by atoms with Crippen LogP contribution < -0.4 is 11.3 Å². The summed E-state index contributed by atoms with van der Waals surface area (Å²) in [5.41, 5.74) is 5.54. The van der Waals surface area contributed by atoms with Crippen molar-refractivity contribution < 1.29 is 4.39 Å². The second-order valence-corrected chi connectivity index (χ2v) is 4.86. The summed E-state index contributed by atoms with van der Waals surface area (Å²) in [6.45, 7) is 3.86. The van der Waals surface area contributed by atoms with Gasteiger partial charge in [0.15, 0.2) is 0 Å². The maximum atomic E-state index is 14.0. The first-order valence-corrected chi connectivity index (χ1v) is 6.25. The zero-order valence-corrected chi connectivity index (χ0v) is 11.5. The molecule has 1 aromatic carbocycles. The van der Waals surface area contributed by atoms with Gasteiger partial charge in [-0.1, -0.05) is 23.7 Å². The fourth-order valence-corrected chi connectivity index (χ4v) is 2.39. The summed E-state index contributed by atoms with van der Waals surface area (Å²) in [5.74, 6) is 5.16. The molecule has 0 saturated heterocycles. The normalized spacial score (nSPS) is 12.5. The third-order valence-electron chi connectivity index (χ3n) is 2.98. The largest absolute Gasteiger partial charge is 0.271 e. The lowest BCUT2D eigenvalue weighted by molar-refractivity contribution is 0.551. The van der Waals surface area contributed by atoms with E-state index in [1.54, 1.807) is 18.3 Å². The molecule has 100 valence electrons. The number of hydrogen-bond acceptors (Lipinski definition) is 3. The molecule has 1 atom stereocenters. The van der Waals surface area contributed by atoms with Gasteiger partial charge in [0.05, 0.1) is 11.7 Å². The van der Waals surface area contributed by atoms with Crippen LogP contribution in [0.3, 0.4) is 0 Å². The summed E-state index contributed by atoms with van der Waals surface area (Å²) in [6, 6.07) is 5.95. The van der Waals surface area contributed by atoms with E-state index in [1.807, 2.05) is 19.9 Å². The molecule has 1 heterocycles. The van der Waals surface area contributed by atoms with E-state index in [1.165, 1.54) is 6.07 Å². The molecule has 3 nitrogen and oxygen atoms in total. The standard InChI is InChI=1S/C14H15ClFN3/c1-8-6-9(2)13(18-7-8)14(19-17)12-10(15)4-3-5-11(12)16/h3-7,14,19H,17H2,1-2H3. The first-order chi connectivity index (χ1) is 9.04. The number of aromatic nitrogens is 1. The van der Waals surface area contributed by atoms with Gasteiger partial charge in [-0.25, -0.2) is 9.82 Å². The molecule has 0 aliphatic rings. The number of benzene rings is 1. The third kappa shape index (κ3) is 2.76. The zero-order chi connectivity index (χ0) is 14.0. The average Bonchev–Trinajstić information content (AvgIpc) is 2.35. The quantitative estimate of drug-likeness (QED) is 0.671. The maximum absolute atomic E-state index is 14.0. The summed E-state index contributed by atoms with van der Waals surface area (Å²) in [6.07, 6.45) is 1.72. The highest BCUT2D eigenvalue weighted by Crippen LogP contribution is 2.30. The predicted molar refractivity (Wildman–Crippen MR) is 74.3 cm³/mol. The Morgan fingerprint density at radius 1 is 1.37 bits per heavy atom. The number of nitrogens with one attached hydrogen (secondary N) is 1. The molecule has 2 rings (SSSR count). The SMILES string of the molecule is Cc1cnc(C(NN)c2c(F)cccc2Cl)c(C)c1. The number of halogens is 2. The highest BCUT2D eigenvalue weighted by atomic mass is 35.5. The molecule has 0 radical (unpaired) electrons. The molecule has 0 saturated carbocycles. The Bertz CT molecular complexity index is 581. The number of nitrogens with zero attached hydrogens (tertiary/aromatic N) is 1. The highest BCUT2D eigenvalue weighted by Gasteiger charge is 2.22. The Morgan fingerprint density at radius 3 is 2.68 bits per heavy atom. The van der Waals surface area contributed by atoms with Crippen molar-refractivity contribution >= 4 is 11.6 Å². The monoisotopic (exact) mass is 279 g/mol. The van der Waals surface area contributed by atoms with E-state index in [-0.39, 0.29) is 0 Å². The van der Waals surface area contributed by atoms with Crippen LogP contribution in [0, 0.1) is 19.7 Å². The van der Waals surface area contributed by atoms with Crippen molar-refractivity contribution in [3.8, 4) is 0 Å². The molecule has 1 unspecified atom stereocenters. The molecule has 2 aromatic rings. The van der Waals surface area contributed by atoms with Gasteiger partial charge in [0.25, 0.3) is 0 Å². The molecule has 3 N–H and O–H groups in total. The predicted octanol–water partition coefficient (Wildman–Crippen LogP) is 3.04. The van der Waals surface area contributed by atoms with Gasteiger partial charge in [-0.2, -0.15) is 0 Å². The summed E-state index contributed by atoms with van der Waals surface area (Å²) in [7, 11) is 0. The second kappa shape index (κ2) is 5.65. The number of nitrogens with two attached hydrogens (primary N) is 1. The van der Waals surface area contributed by atoms with Gasteiger partial charge in [0, 0.05) is 16.8 Å². The van der Waals surface area contributed by atoms with Gasteiger partial charge in [-0.3, -0.25) is 10.8 Å². The number of hydrogen-bond donors (Lipinski definition) is 2. The van der Waals surface area contributed by atoms with Crippen LogP contribution in [0.2, 0.25) is 5.02 Å². The van der Waals surface area contributed by atoms with Gasteiger partial charge < -0.3 is 0 Å². The van der Waals surface area contributed by atoms with Crippen molar-refractivity contribution in [3.63, 3.8) is 0 Å². The molecule has 5 heteroatoms. The van der Waals surface area contributed by atoms with Crippen LogP contribution in [0.4, 0.5) is 4.39 Å². The smallest absolute Gasteiger partial charge is 0.129 e. The lowest BCUT2D eigenvalue weighted by Gasteiger charge is -2.20. The van der Waals surface area contributed by atoms with E-state index in [0.29, 0.717) is 16.3 Å². The Balaban J connectivity index is 2.56. The van der Waals surface area contributed by atoms with Crippen molar-refractivity contribution in [1.29, 1.82) is 0 Å². The number of rotatable bonds is 3. The Labute approximate surface area is 116 Å². The Kier molecular flexibility index (Phi) is 4.14. The van der Waals surface area contributed by atoms with Gasteiger partial charge in [0.1, 0.15) is 5.82 Å². The van der Waals surface area contributed by atoms with E-state index in [9.17, 15) is 4.39 Å². The van der Waals surface area contributed by atoms with E-state index in [2.05, 4.69) is 10.4 Å². The zero-order valence-electron chi connectivity index (χ0n) is 10.7. The van der Waals surface area contributed by atoms with E-state index < -0.39 is 11.9 Å². The fourth-order valence-electron chi connectivity index (χ4n) is 2.11. The van der Waals surface area contributed by atoms with Gasteiger partial charge in [-0.05, 0) is 37.1 Å². The third-order valence-corrected chi connectivity index (χ3v) is 3.31. The molecule has 0 bridgehead atoms.